The van der Waals surface area contributed by atoms with Gasteiger partial charge in [-0.2, -0.15) is 0 Å². The Morgan fingerprint density at radius 2 is 2.11 bits per heavy atom. The average Bonchev–Trinajstić information content (AvgIpc) is 2.90. The van der Waals surface area contributed by atoms with Gasteiger partial charge in [-0.05, 0) is 38.1 Å². The highest BCUT2D eigenvalue weighted by Gasteiger charge is 2.44. The van der Waals surface area contributed by atoms with E-state index >= 15 is 0 Å². The van der Waals surface area contributed by atoms with Crippen molar-refractivity contribution < 1.29 is 4.74 Å². The lowest BCUT2D eigenvalue weighted by atomic mass is 10.1. The van der Waals surface area contributed by atoms with Crippen LogP contribution >= 0.6 is 0 Å². The number of hydrogen-bond acceptors (Lipinski definition) is 3. The van der Waals surface area contributed by atoms with Crippen LogP contribution in [0, 0.1) is 25.2 Å². The smallest absolute Gasteiger partial charge is 0.128 e. The van der Waals surface area contributed by atoms with Crippen LogP contribution in [0.2, 0.25) is 0 Å². The van der Waals surface area contributed by atoms with Gasteiger partial charge in [-0.3, -0.25) is 4.98 Å². The number of aryl methyl sites for hydroxylation is 1. The summed E-state index contributed by atoms with van der Waals surface area (Å²) in [5.74, 6) is 1.79. The molecule has 3 nitrogen and oxygen atoms in total. The van der Waals surface area contributed by atoms with Crippen molar-refractivity contribution in [3.63, 3.8) is 0 Å². The molecule has 2 rings (SSSR count). The summed E-state index contributed by atoms with van der Waals surface area (Å²) < 4.78 is 5.42. The summed E-state index contributed by atoms with van der Waals surface area (Å²) in [4.78, 5) is 4.50. The first-order valence-corrected chi connectivity index (χ1v) is 6.65. The Hall–Kier alpha value is -1.09. The second kappa shape index (κ2) is 4.88. The minimum atomic E-state index is 0.542. The molecule has 1 atom stereocenters. The van der Waals surface area contributed by atoms with Gasteiger partial charge in [0.1, 0.15) is 5.75 Å². The number of nitrogens with one attached hydrogen (secondary N) is 1. The van der Waals surface area contributed by atoms with Gasteiger partial charge in [0.05, 0.1) is 12.8 Å². The Morgan fingerprint density at radius 1 is 1.44 bits per heavy atom. The van der Waals surface area contributed by atoms with E-state index in [0.29, 0.717) is 5.41 Å². The lowest BCUT2D eigenvalue weighted by Gasteiger charge is -2.13. The Kier molecular flexibility index (Phi) is 3.62. The molecule has 1 heterocycles. The van der Waals surface area contributed by atoms with E-state index in [1.807, 2.05) is 13.1 Å². The highest BCUT2D eigenvalue weighted by atomic mass is 16.5. The van der Waals surface area contributed by atoms with E-state index in [0.717, 1.165) is 41.6 Å². The van der Waals surface area contributed by atoms with Crippen molar-refractivity contribution in [1.29, 1.82) is 0 Å². The van der Waals surface area contributed by atoms with Crippen molar-refractivity contribution >= 4 is 0 Å². The first-order valence-electron chi connectivity index (χ1n) is 6.65. The van der Waals surface area contributed by atoms with Crippen molar-refractivity contribution in [3.8, 4) is 5.75 Å². The van der Waals surface area contributed by atoms with Gasteiger partial charge in [-0.25, -0.2) is 0 Å². The van der Waals surface area contributed by atoms with E-state index in [4.69, 9.17) is 4.74 Å². The lowest BCUT2D eigenvalue weighted by molar-refractivity contribution is 0.406. The Balaban J connectivity index is 1.93. The third-order valence-corrected chi connectivity index (χ3v) is 4.15. The van der Waals surface area contributed by atoms with E-state index in [9.17, 15) is 0 Å². The molecule has 18 heavy (non-hydrogen) atoms. The molecular weight excluding hydrogens is 224 g/mol. The largest absolute Gasteiger partial charge is 0.496 e. The van der Waals surface area contributed by atoms with Crippen LogP contribution < -0.4 is 10.1 Å². The molecule has 1 aliphatic carbocycles. The molecule has 0 spiro atoms. The molecule has 0 aromatic carbocycles. The zero-order valence-corrected chi connectivity index (χ0v) is 12.1. The number of pyridine rings is 1. The van der Waals surface area contributed by atoms with Gasteiger partial charge in [-0.15, -0.1) is 0 Å². The maximum absolute atomic E-state index is 5.42. The minimum Gasteiger partial charge on any atom is -0.496 e. The Morgan fingerprint density at radius 3 is 2.67 bits per heavy atom. The molecule has 1 saturated carbocycles. The molecule has 1 unspecified atom stereocenters. The fraction of sp³-hybridized carbons (Fsp3) is 0.667. The molecule has 0 saturated heterocycles. The van der Waals surface area contributed by atoms with Crippen molar-refractivity contribution in [2.24, 2.45) is 11.3 Å². The monoisotopic (exact) mass is 248 g/mol. The molecule has 0 amide bonds. The molecule has 1 aromatic rings. The molecular formula is C15H24N2O. The van der Waals surface area contributed by atoms with Gasteiger partial charge in [0.25, 0.3) is 0 Å². The highest BCUT2D eigenvalue weighted by Crippen LogP contribution is 2.50. The molecule has 100 valence electrons. The van der Waals surface area contributed by atoms with Gasteiger partial charge < -0.3 is 10.1 Å². The van der Waals surface area contributed by atoms with Crippen LogP contribution in [0.1, 0.15) is 37.1 Å². The Bertz CT molecular complexity index is 440. The van der Waals surface area contributed by atoms with Crippen LogP contribution in [-0.4, -0.2) is 18.6 Å². The van der Waals surface area contributed by atoms with Crippen molar-refractivity contribution in [1.82, 2.24) is 10.3 Å². The summed E-state index contributed by atoms with van der Waals surface area (Å²) in [6, 6.07) is 0. The van der Waals surface area contributed by atoms with Gasteiger partial charge in [0, 0.05) is 23.9 Å². The first-order chi connectivity index (χ1) is 8.45. The molecule has 1 N–H and O–H groups in total. The lowest BCUT2D eigenvalue weighted by Crippen LogP contribution is -2.19. The van der Waals surface area contributed by atoms with Crippen molar-refractivity contribution in [2.45, 2.75) is 40.7 Å². The van der Waals surface area contributed by atoms with Crippen LogP contribution in [0.4, 0.5) is 0 Å². The van der Waals surface area contributed by atoms with Crippen molar-refractivity contribution in [3.05, 3.63) is 23.0 Å². The quantitative estimate of drug-likeness (QED) is 0.870. The SMILES string of the molecule is COc1c(C)cnc(CNCC2CC2(C)C)c1C. The number of methoxy groups -OCH3 is 1. The maximum Gasteiger partial charge on any atom is 0.128 e. The van der Waals surface area contributed by atoms with Crippen molar-refractivity contribution in [2.75, 3.05) is 13.7 Å². The summed E-state index contributed by atoms with van der Waals surface area (Å²) in [5, 5.41) is 3.51. The average molecular weight is 248 g/mol. The minimum absolute atomic E-state index is 0.542. The summed E-state index contributed by atoms with van der Waals surface area (Å²) in [5.41, 5.74) is 3.89. The molecule has 1 aliphatic rings. The highest BCUT2D eigenvalue weighted by molar-refractivity contribution is 5.40. The molecule has 0 radical (unpaired) electrons. The Labute approximate surface area is 110 Å². The number of rotatable bonds is 5. The molecule has 3 heteroatoms. The molecule has 0 aliphatic heterocycles. The van der Waals surface area contributed by atoms with Crippen LogP contribution in [0.3, 0.4) is 0 Å². The van der Waals surface area contributed by atoms with Gasteiger partial charge in [0.2, 0.25) is 0 Å². The first kappa shape index (κ1) is 13.3. The van der Waals surface area contributed by atoms with E-state index in [1.54, 1.807) is 7.11 Å². The summed E-state index contributed by atoms with van der Waals surface area (Å²) in [7, 11) is 1.72. The van der Waals surface area contributed by atoms with Crippen LogP contribution in [-0.2, 0) is 6.54 Å². The summed E-state index contributed by atoms with van der Waals surface area (Å²) in [6.07, 6.45) is 3.23. The van der Waals surface area contributed by atoms with Crippen LogP contribution in [0.25, 0.3) is 0 Å². The van der Waals surface area contributed by atoms with Gasteiger partial charge >= 0.3 is 0 Å². The van der Waals surface area contributed by atoms with E-state index < -0.39 is 0 Å². The zero-order valence-electron chi connectivity index (χ0n) is 12.1. The number of hydrogen-bond donors (Lipinski definition) is 1. The summed E-state index contributed by atoms with van der Waals surface area (Å²) in [6.45, 7) is 10.7. The maximum atomic E-state index is 5.42. The fourth-order valence-corrected chi connectivity index (χ4v) is 2.54. The number of ether oxygens (including phenoxy) is 1. The normalized spacial score (nSPS) is 20.8. The van der Waals surface area contributed by atoms with E-state index in [1.165, 1.54) is 6.42 Å². The standard InChI is InChI=1S/C15H24N2O/c1-10-7-17-13(11(2)14(10)18-5)9-16-8-12-6-15(12,3)4/h7,12,16H,6,8-9H2,1-5H3. The van der Waals surface area contributed by atoms with Crippen LogP contribution in [0.5, 0.6) is 5.75 Å². The predicted molar refractivity (Wildman–Crippen MR) is 73.9 cm³/mol. The van der Waals surface area contributed by atoms with Crippen LogP contribution in [0.15, 0.2) is 6.20 Å². The second-order valence-electron chi connectivity index (χ2n) is 6.07. The fourth-order valence-electron chi connectivity index (χ4n) is 2.54. The topological polar surface area (TPSA) is 34.1 Å². The third-order valence-electron chi connectivity index (χ3n) is 4.15. The molecule has 1 aromatic heterocycles. The molecule has 0 bridgehead atoms. The predicted octanol–water partition coefficient (Wildman–Crippen LogP) is 2.84. The van der Waals surface area contributed by atoms with Gasteiger partial charge in [0.15, 0.2) is 0 Å². The summed E-state index contributed by atoms with van der Waals surface area (Å²) >= 11 is 0. The van der Waals surface area contributed by atoms with E-state index in [-0.39, 0.29) is 0 Å². The van der Waals surface area contributed by atoms with E-state index in [2.05, 4.69) is 31.1 Å². The van der Waals surface area contributed by atoms with Gasteiger partial charge in [-0.1, -0.05) is 13.8 Å². The number of nitrogens with zero attached hydrogens (tertiary/aromatic N) is 1. The third kappa shape index (κ3) is 2.66. The number of aromatic nitrogens is 1. The molecule has 1 fully saturated rings. The second-order valence-corrected chi connectivity index (χ2v) is 6.07. The zero-order chi connectivity index (χ0) is 13.3.